The molecule has 0 saturated heterocycles. The van der Waals surface area contributed by atoms with Crippen LogP contribution in [0.2, 0.25) is 0 Å². The number of rotatable bonds is 46. The Morgan fingerprint density at radius 2 is 0.935 bits per heavy atom. The summed E-state index contributed by atoms with van der Waals surface area (Å²) in [5, 5.41) is 28.8. The van der Waals surface area contributed by atoms with Gasteiger partial charge in [-0.1, -0.05) is 89.9 Å². The number of aliphatic carboxylic acids is 2. The van der Waals surface area contributed by atoms with Crippen LogP contribution < -0.4 is 27.0 Å². The van der Waals surface area contributed by atoms with Crippen LogP contribution in [-0.4, -0.2) is 144 Å². The number of aliphatic imine (C=N–C) groups is 1. The van der Waals surface area contributed by atoms with E-state index < -0.39 is 18.0 Å². The molecule has 0 aromatic carbocycles. The first-order chi connectivity index (χ1) is 30.0. The van der Waals surface area contributed by atoms with Crippen molar-refractivity contribution in [1.29, 1.82) is 0 Å². The van der Waals surface area contributed by atoms with Crippen molar-refractivity contribution in [2.75, 3.05) is 79.5 Å². The standard InChI is InChI=1S/C44H82N6O12/c1-46-34-37(45)20-18-19-25-47-41(53)35-61-32-31-60-29-27-49-42(54)36-62-33-30-59-28-26-48-39(51)24-23-38(44(57)58)50-40(52)21-16-14-12-10-8-6-4-2-3-5-7-9-11-13-15-17-22-43(55)56/h34,37-38H,2-33,35-36,45H2,1H3,(H,47,53)(H,48,51)(H,49,54)(H,50,52)(H,55,56)(H,57,58)/t37?,38-/m0/s1. The molecule has 0 aromatic heterocycles. The third-order valence-corrected chi connectivity index (χ3v) is 9.81. The van der Waals surface area contributed by atoms with Crippen LogP contribution in [0.15, 0.2) is 4.99 Å². The first kappa shape index (κ1) is 58.3. The highest BCUT2D eigenvalue weighted by atomic mass is 16.5. The number of carbonyl (C=O) groups excluding carboxylic acids is 4. The van der Waals surface area contributed by atoms with Crippen LogP contribution in [-0.2, 0) is 47.7 Å². The molecule has 0 fully saturated rings. The zero-order valence-corrected chi connectivity index (χ0v) is 37.8. The summed E-state index contributed by atoms with van der Waals surface area (Å²) in [6, 6.07) is -1.19. The predicted molar refractivity (Wildman–Crippen MR) is 238 cm³/mol. The fourth-order valence-electron chi connectivity index (χ4n) is 6.32. The van der Waals surface area contributed by atoms with Crippen LogP contribution in [0.4, 0.5) is 0 Å². The summed E-state index contributed by atoms with van der Waals surface area (Å²) in [5.41, 5.74) is 5.84. The molecule has 0 aliphatic heterocycles. The predicted octanol–water partition coefficient (Wildman–Crippen LogP) is 4.06. The van der Waals surface area contributed by atoms with Crippen LogP contribution in [0, 0.1) is 0 Å². The lowest BCUT2D eigenvalue weighted by atomic mass is 10.0. The molecule has 18 nitrogen and oxygen atoms in total. The van der Waals surface area contributed by atoms with E-state index in [1.54, 1.807) is 13.3 Å². The monoisotopic (exact) mass is 887 g/mol. The number of hydrogen-bond donors (Lipinski definition) is 7. The molecule has 0 aromatic rings. The summed E-state index contributed by atoms with van der Waals surface area (Å²) < 4.78 is 21.4. The van der Waals surface area contributed by atoms with Gasteiger partial charge in [0.2, 0.25) is 23.6 Å². The van der Waals surface area contributed by atoms with Gasteiger partial charge in [0.1, 0.15) is 19.3 Å². The van der Waals surface area contributed by atoms with E-state index in [2.05, 4.69) is 26.3 Å². The van der Waals surface area contributed by atoms with Gasteiger partial charge in [0, 0.05) is 58.2 Å². The molecule has 0 heterocycles. The van der Waals surface area contributed by atoms with E-state index in [1.165, 1.54) is 57.8 Å². The SMILES string of the molecule is CN=CC(N)CCCCNC(=O)COCCOCCNC(=O)COCCOCCNC(=O)CC[C@H](NC(=O)CCCCCCCCCCCCCCCCCCC(=O)O)C(=O)O. The van der Waals surface area contributed by atoms with Crippen LogP contribution in [0.25, 0.3) is 0 Å². The van der Waals surface area contributed by atoms with Gasteiger partial charge in [-0.3, -0.25) is 29.0 Å². The van der Waals surface area contributed by atoms with Crippen molar-refractivity contribution in [1.82, 2.24) is 21.3 Å². The number of unbranched alkanes of at least 4 members (excludes halogenated alkanes) is 16. The van der Waals surface area contributed by atoms with Gasteiger partial charge in [0.25, 0.3) is 0 Å². The highest BCUT2D eigenvalue weighted by molar-refractivity contribution is 5.84. The second-order valence-electron chi connectivity index (χ2n) is 15.5. The quantitative estimate of drug-likeness (QED) is 0.0336. The van der Waals surface area contributed by atoms with Gasteiger partial charge in [-0.25, -0.2) is 4.79 Å². The molecular weight excluding hydrogens is 805 g/mol. The normalized spacial score (nSPS) is 12.2. The molecule has 1 unspecified atom stereocenters. The van der Waals surface area contributed by atoms with E-state index in [1.807, 2.05) is 0 Å². The molecular formula is C44H82N6O12. The van der Waals surface area contributed by atoms with Crippen LogP contribution in [0.3, 0.4) is 0 Å². The minimum absolute atomic E-state index is 0.0194. The lowest BCUT2D eigenvalue weighted by Crippen LogP contribution is -2.41. The summed E-state index contributed by atoms with van der Waals surface area (Å²) >= 11 is 0. The molecule has 0 saturated carbocycles. The Bertz CT molecular complexity index is 1200. The van der Waals surface area contributed by atoms with Crippen LogP contribution >= 0.6 is 0 Å². The van der Waals surface area contributed by atoms with Gasteiger partial charge < -0.3 is 56.2 Å². The molecule has 0 radical (unpaired) electrons. The second kappa shape index (κ2) is 43.9. The van der Waals surface area contributed by atoms with Gasteiger partial charge in [-0.05, 0) is 38.5 Å². The van der Waals surface area contributed by atoms with Gasteiger partial charge in [0.05, 0.1) is 39.6 Å². The summed E-state index contributed by atoms with van der Waals surface area (Å²) in [6.45, 7) is 2.27. The molecule has 0 rings (SSSR count). The number of hydrogen-bond acceptors (Lipinski definition) is 12. The van der Waals surface area contributed by atoms with Crippen LogP contribution in [0.5, 0.6) is 0 Å². The summed E-state index contributed by atoms with van der Waals surface area (Å²) in [4.78, 5) is 74.3. The molecule has 0 aliphatic carbocycles. The highest BCUT2D eigenvalue weighted by Gasteiger charge is 2.20. The highest BCUT2D eigenvalue weighted by Crippen LogP contribution is 2.14. The van der Waals surface area contributed by atoms with Crippen molar-refractivity contribution in [3.05, 3.63) is 0 Å². The summed E-state index contributed by atoms with van der Waals surface area (Å²) in [5.74, 6) is -3.05. The number of ether oxygens (including phenoxy) is 4. The summed E-state index contributed by atoms with van der Waals surface area (Å²) in [7, 11) is 1.69. The molecule has 18 heteroatoms. The zero-order chi connectivity index (χ0) is 45.7. The Kier molecular flexibility index (Phi) is 41.3. The number of carboxylic acids is 2. The third-order valence-electron chi connectivity index (χ3n) is 9.81. The van der Waals surface area contributed by atoms with Crippen molar-refractivity contribution in [3.8, 4) is 0 Å². The largest absolute Gasteiger partial charge is 0.481 e. The Hall–Kier alpha value is -3.71. The summed E-state index contributed by atoms with van der Waals surface area (Å²) in [6.07, 6.45) is 22.6. The minimum atomic E-state index is -1.18. The minimum Gasteiger partial charge on any atom is -0.481 e. The Morgan fingerprint density at radius 3 is 1.40 bits per heavy atom. The number of nitrogens with one attached hydrogen (secondary N) is 4. The zero-order valence-electron chi connectivity index (χ0n) is 37.8. The maximum atomic E-state index is 12.3. The lowest BCUT2D eigenvalue weighted by molar-refractivity contribution is -0.142. The Balaban J connectivity index is 3.63. The molecule has 62 heavy (non-hydrogen) atoms. The smallest absolute Gasteiger partial charge is 0.326 e. The molecule has 2 atom stereocenters. The maximum absolute atomic E-state index is 12.3. The van der Waals surface area contributed by atoms with E-state index >= 15 is 0 Å². The number of carboxylic acid groups (broad SMARTS) is 2. The third kappa shape index (κ3) is 43.0. The average molecular weight is 887 g/mol. The average Bonchev–Trinajstić information content (AvgIpc) is 3.23. The van der Waals surface area contributed by atoms with Gasteiger partial charge in [-0.2, -0.15) is 0 Å². The van der Waals surface area contributed by atoms with E-state index in [4.69, 9.17) is 29.8 Å². The topological polar surface area (TPSA) is 266 Å². The van der Waals surface area contributed by atoms with E-state index in [0.717, 1.165) is 57.8 Å². The van der Waals surface area contributed by atoms with E-state index in [-0.39, 0.29) is 115 Å². The first-order valence-corrected chi connectivity index (χ1v) is 23.1. The molecule has 0 aliphatic rings. The van der Waals surface area contributed by atoms with E-state index in [0.29, 0.717) is 19.5 Å². The van der Waals surface area contributed by atoms with Crippen molar-refractivity contribution in [2.24, 2.45) is 10.7 Å². The fraction of sp³-hybridized carbons (Fsp3) is 0.841. The first-order valence-electron chi connectivity index (χ1n) is 23.1. The number of nitrogens with zero attached hydrogens (tertiary/aromatic N) is 1. The van der Waals surface area contributed by atoms with Gasteiger partial charge >= 0.3 is 11.9 Å². The van der Waals surface area contributed by atoms with Crippen molar-refractivity contribution in [3.63, 3.8) is 0 Å². The molecule has 360 valence electrons. The molecule has 8 N–H and O–H groups in total. The Morgan fingerprint density at radius 1 is 0.500 bits per heavy atom. The van der Waals surface area contributed by atoms with Crippen molar-refractivity contribution >= 4 is 41.8 Å². The number of nitrogens with two attached hydrogens (primary N) is 1. The van der Waals surface area contributed by atoms with Crippen molar-refractivity contribution < 1.29 is 57.9 Å². The fourth-order valence-corrected chi connectivity index (χ4v) is 6.32. The molecule has 0 spiro atoms. The second-order valence-corrected chi connectivity index (χ2v) is 15.5. The molecule has 0 bridgehead atoms. The number of amides is 4. The van der Waals surface area contributed by atoms with E-state index in [9.17, 15) is 33.9 Å². The maximum Gasteiger partial charge on any atom is 0.326 e. The van der Waals surface area contributed by atoms with Crippen molar-refractivity contribution in [2.45, 2.75) is 160 Å². The molecule has 4 amide bonds. The van der Waals surface area contributed by atoms with Crippen LogP contribution in [0.1, 0.15) is 148 Å². The van der Waals surface area contributed by atoms with Gasteiger partial charge in [0.15, 0.2) is 0 Å². The Labute approximate surface area is 370 Å². The van der Waals surface area contributed by atoms with Gasteiger partial charge in [-0.15, -0.1) is 0 Å². The number of carbonyl (C=O) groups is 6. The lowest BCUT2D eigenvalue weighted by Gasteiger charge is -2.14.